The molecular formula is C14H17BrFN3O2. The molecule has 114 valence electrons. The molecule has 0 radical (unpaired) electrons. The second-order valence-electron chi connectivity index (χ2n) is 5.06. The van der Waals surface area contributed by atoms with Gasteiger partial charge in [-0.1, -0.05) is 24.1 Å². The molecule has 1 amide bonds. The van der Waals surface area contributed by atoms with Crippen LogP contribution in [0.4, 0.5) is 4.39 Å². The van der Waals surface area contributed by atoms with E-state index in [0.29, 0.717) is 4.47 Å². The second-order valence-corrected chi connectivity index (χ2v) is 5.91. The topological polar surface area (TPSA) is 78.9 Å². The Labute approximate surface area is 130 Å². The number of amides is 1. The Balaban J connectivity index is 2.33. The molecule has 5 nitrogen and oxygen atoms in total. The number of nitrogens with zero attached hydrogens (tertiary/aromatic N) is 2. The van der Waals surface area contributed by atoms with E-state index < -0.39 is 11.7 Å². The fraction of sp³-hybridized carbons (Fsp3) is 0.429. The molecule has 1 aromatic rings. The van der Waals surface area contributed by atoms with Crippen molar-refractivity contribution in [3.63, 3.8) is 0 Å². The highest BCUT2D eigenvalue weighted by atomic mass is 79.9. The molecule has 0 atom stereocenters. The summed E-state index contributed by atoms with van der Waals surface area (Å²) in [5.74, 6) is -1.10. The van der Waals surface area contributed by atoms with Crippen LogP contribution in [0.1, 0.15) is 36.0 Å². The minimum atomic E-state index is -0.586. The van der Waals surface area contributed by atoms with Crippen LogP contribution in [0.25, 0.3) is 0 Å². The lowest BCUT2D eigenvalue weighted by Gasteiger charge is -2.29. The van der Waals surface area contributed by atoms with Crippen LogP contribution in [-0.4, -0.2) is 34.4 Å². The van der Waals surface area contributed by atoms with Gasteiger partial charge in [-0.05, 0) is 40.9 Å². The van der Waals surface area contributed by atoms with Gasteiger partial charge in [0.2, 0.25) is 0 Å². The van der Waals surface area contributed by atoms with E-state index in [-0.39, 0.29) is 24.0 Å². The predicted octanol–water partition coefficient (Wildman–Crippen LogP) is 2.72. The molecule has 0 heterocycles. The zero-order chi connectivity index (χ0) is 15.4. The number of hydrogen-bond acceptors (Lipinski definition) is 3. The summed E-state index contributed by atoms with van der Waals surface area (Å²) in [6.07, 6.45) is 3.72. The smallest absolute Gasteiger partial charge is 0.258 e. The van der Waals surface area contributed by atoms with E-state index >= 15 is 0 Å². The number of oxime groups is 1. The molecule has 0 spiro atoms. The number of rotatable bonds is 4. The highest BCUT2D eigenvalue weighted by molar-refractivity contribution is 9.10. The van der Waals surface area contributed by atoms with Crippen molar-refractivity contribution in [2.45, 2.75) is 31.7 Å². The van der Waals surface area contributed by atoms with E-state index in [1.54, 1.807) is 6.07 Å². The monoisotopic (exact) mass is 357 g/mol. The quantitative estimate of drug-likeness (QED) is 0.376. The van der Waals surface area contributed by atoms with Crippen molar-refractivity contribution in [1.82, 2.24) is 4.90 Å². The van der Waals surface area contributed by atoms with Crippen LogP contribution < -0.4 is 5.73 Å². The summed E-state index contributed by atoms with van der Waals surface area (Å²) in [5.41, 5.74) is 5.52. The molecule has 0 aliphatic heterocycles. The Kier molecular flexibility index (Phi) is 5.17. The lowest BCUT2D eigenvalue weighted by molar-refractivity contribution is 0.0706. The van der Waals surface area contributed by atoms with Gasteiger partial charge < -0.3 is 15.8 Å². The first kappa shape index (κ1) is 15.8. The Bertz CT molecular complexity index is 539. The molecule has 2 rings (SSSR count). The van der Waals surface area contributed by atoms with Gasteiger partial charge in [0.1, 0.15) is 5.82 Å². The van der Waals surface area contributed by atoms with E-state index in [9.17, 15) is 9.18 Å². The summed E-state index contributed by atoms with van der Waals surface area (Å²) in [4.78, 5) is 14.2. The highest BCUT2D eigenvalue weighted by Crippen LogP contribution is 2.27. The Morgan fingerprint density at radius 2 is 2.14 bits per heavy atom. The average molecular weight is 358 g/mol. The van der Waals surface area contributed by atoms with Crippen LogP contribution in [0.2, 0.25) is 0 Å². The molecule has 1 aliphatic carbocycles. The fourth-order valence-electron chi connectivity index (χ4n) is 2.63. The Hall–Kier alpha value is -1.63. The lowest BCUT2D eigenvalue weighted by Crippen LogP contribution is -2.44. The third-order valence-electron chi connectivity index (χ3n) is 3.66. The number of halogens is 2. The van der Waals surface area contributed by atoms with Crippen LogP contribution in [-0.2, 0) is 0 Å². The molecule has 1 aromatic carbocycles. The van der Waals surface area contributed by atoms with Crippen LogP contribution in [0.3, 0.4) is 0 Å². The van der Waals surface area contributed by atoms with Crippen molar-refractivity contribution < 1.29 is 14.4 Å². The zero-order valence-corrected chi connectivity index (χ0v) is 13.0. The zero-order valence-electron chi connectivity index (χ0n) is 11.4. The third-order valence-corrected chi connectivity index (χ3v) is 4.32. The number of nitrogens with two attached hydrogens (primary N) is 1. The molecule has 0 saturated heterocycles. The first-order valence-electron chi connectivity index (χ1n) is 6.76. The maximum atomic E-state index is 14.0. The molecule has 0 unspecified atom stereocenters. The van der Waals surface area contributed by atoms with Crippen molar-refractivity contribution >= 4 is 27.7 Å². The summed E-state index contributed by atoms with van der Waals surface area (Å²) < 4.78 is 14.4. The van der Waals surface area contributed by atoms with Crippen molar-refractivity contribution in [3.05, 3.63) is 34.1 Å². The normalized spacial score (nSPS) is 16.2. The van der Waals surface area contributed by atoms with Crippen LogP contribution in [0, 0.1) is 5.82 Å². The number of carbonyl (C=O) groups is 1. The molecule has 3 N–H and O–H groups in total. The van der Waals surface area contributed by atoms with Crippen LogP contribution in [0.15, 0.2) is 27.8 Å². The number of amidine groups is 1. The second kappa shape index (κ2) is 6.89. The number of carbonyl (C=O) groups excluding carboxylic acids is 1. The standard InChI is InChI=1S/C14H17BrFN3O2/c15-10-6-3-7-11(16)13(10)14(20)19(8-12(17)18-21)9-4-1-2-5-9/h3,6-7,9,21H,1-2,4-5,8H2,(H2,17,18). The van der Waals surface area contributed by atoms with Crippen molar-refractivity contribution in [2.24, 2.45) is 10.9 Å². The van der Waals surface area contributed by atoms with E-state index in [2.05, 4.69) is 21.1 Å². The van der Waals surface area contributed by atoms with Gasteiger partial charge in [-0.3, -0.25) is 4.79 Å². The van der Waals surface area contributed by atoms with E-state index in [1.807, 2.05) is 0 Å². The third kappa shape index (κ3) is 3.53. The van der Waals surface area contributed by atoms with Gasteiger partial charge in [-0.2, -0.15) is 0 Å². The summed E-state index contributed by atoms with van der Waals surface area (Å²) >= 11 is 3.21. The van der Waals surface area contributed by atoms with E-state index in [1.165, 1.54) is 17.0 Å². The van der Waals surface area contributed by atoms with Gasteiger partial charge >= 0.3 is 0 Å². The first-order chi connectivity index (χ1) is 10.0. The maximum Gasteiger partial charge on any atom is 0.258 e. The molecule has 1 aliphatic rings. The molecule has 0 aromatic heterocycles. The lowest BCUT2D eigenvalue weighted by atomic mass is 10.1. The van der Waals surface area contributed by atoms with Crippen LogP contribution >= 0.6 is 15.9 Å². The highest BCUT2D eigenvalue weighted by Gasteiger charge is 2.30. The summed E-state index contributed by atoms with van der Waals surface area (Å²) in [5, 5.41) is 11.6. The number of hydrogen-bond donors (Lipinski definition) is 2. The maximum absolute atomic E-state index is 14.0. The molecule has 7 heteroatoms. The number of benzene rings is 1. The summed E-state index contributed by atoms with van der Waals surface area (Å²) in [6, 6.07) is 4.38. The van der Waals surface area contributed by atoms with Crippen molar-refractivity contribution in [1.29, 1.82) is 0 Å². The van der Waals surface area contributed by atoms with Crippen molar-refractivity contribution in [3.8, 4) is 0 Å². The van der Waals surface area contributed by atoms with Gasteiger partial charge in [0.05, 0.1) is 12.1 Å². The van der Waals surface area contributed by atoms with E-state index in [0.717, 1.165) is 25.7 Å². The summed E-state index contributed by atoms with van der Waals surface area (Å²) in [7, 11) is 0. The van der Waals surface area contributed by atoms with Gasteiger partial charge in [0, 0.05) is 10.5 Å². The molecule has 0 bridgehead atoms. The molecule has 1 fully saturated rings. The Morgan fingerprint density at radius 3 is 2.71 bits per heavy atom. The largest absolute Gasteiger partial charge is 0.409 e. The van der Waals surface area contributed by atoms with Gasteiger partial charge in [0.25, 0.3) is 5.91 Å². The molecular weight excluding hydrogens is 341 g/mol. The molecule has 21 heavy (non-hydrogen) atoms. The predicted molar refractivity (Wildman–Crippen MR) is 80.8 cm³/mol. The van der Waals surface area contributed by atoms with Crippen LogP contribution in [0.5, 0.6) is 0 Å². The van der Waals surface area contributed by atoms with Crippen molar-refractivity contribution in [2.75, 3.05) is 6.54 Å². The van der Waals surface area contributed by atoms with Gasteiger partial charge in [-0.15, -0.1) is 0 Å². The summed E-state index contributed by atoms with van der Waals surface area (Å²) in [6.45, 7) is -0.0131. The average Bonchev–Trinajstić information content (AvgIpc) is 2.97. The minimum absolute atomic E-state index is 0.00990. The fourth-order valence-corrected chi connectivity index (χ4v) is 3.15. The molecule has 1 saturated carbocycles. The Morgan fingerprint density at radius 1 is 1.48 bits per heavy atom. The first-order valence-corrected chi connectivity index (χ1v) is 7.55. The van der Waals surface area contributed by atoms with E-state index in [4.69, 9.17) is 10.9 Å². The SMILES string of the molecule is N/C(CN(C(=O)c1c(F)cccc1Br)C1CCCC1)=N/O. The van der Waals surface area contributed by atoms with Gasteiger partial charge in [-0.25, -0.2) is 4.39 Å². The van der Waals surface area contributed by atoms with Gasteiger partial charge in [0.15, 0.2) is 5.84 Å². The minimum Gasteiger partial charge on any atom is -0.409 e.